The highest BCUT2D eigenvalue weighted by molar-refractivity contribution is 7.99. The van der Waals surface area contributed by atoms with Crippen molar-refractivity contribution < 1.29 is 14.3 Å². The number of aromatic nitrogens is 2. The Morgan fingerprint density at radius 1 is 1.30 bits per heavy atom. The van der Waals surface area contributed by atoms with Crippen molar-refractivity contribution in [2.75, 3.05) is 17.7 Å². The van der Waals surface area contributed by atoms with E-state index in [1.54, 1.807) is 0 Å². The van der Waals surface area contributed by atoms with Crippen molar-refractivity contribution in [3.63, 3.8) is 0 Å². The summed E-state index contributed by atoms with van der Waals surface area (Å²) in [6.07, 6.45) is 6.33. The monoisotopic (exact) mass is 448 g/mol. The van der Waals surface area contributed by atoms with Gasteiger partial charge in [-0.2, -0.15) is 0 Å². The number of rotatable bonds is 7. The van der Waals surface area contributed by atoms with Crippen LogP contribution in [0, 0.1) is 13.8 Å². The van der Waals surface area contributed by atoms with E-state index in [0.29, 0.717) is 10.6 Å². The van der Waals surface area contributed by atoms with E-state index in [1.807, 2.05) is 6.92 Å². The van der Waals surface area contributed by atoms with Crippen LogP contribution in [0.4, 0.5) is 5.00 Å². The molecule has 9 heteroatoms. The Bertz CT molecular complexity index is 960. The molecule has 2 aromatic heterocycles. The van der Waals surface area contributed by atoms with Crippen LogP contribution in [0.25, 0.3) is 0 Å². The zero-order chi connectivity index (χ0) is 21.3. The second kappa shape index (κ2) is 9.11. The molecule has 0 aromatic carbocycles. The molecule has 0 spiro atoms. The summed E-state index contributed by atoms with van der Waals surface area (Å²) in [7, 11) is 0. The first-order valence-electron chi connectivity index (χ1n) is 10.5. The molecule has 1 fully saturated rings. The number of nitrogens with zero attached hydrogens (tertiary/aromatic N) is 2. The standard InChI is InChI=1S/C21H28N4O3S2/c1-12-13(2)25(10-14-6-5-9-28-14)21(23-12)29-11-17(26)24-20-18(19(22)27)15-7-3-4-8-16(15)30-20/h14H,3-11H2,1-2H3,(H2,22,27)(H,24,26)/t14-/m1/s1. The lowest BCUT2D eigenvalue weighted by Gasteiger charge is -2.14. The smallest absolute Gasteiger partial charge is 0.251 e. The van der Waals surface area contributed by atoms with Crippen molar-refractivity contribution in [1.29, 1.82) is 0 Å². The maximum Gasteiger partial charge on any atom is 0.251 e. The first kappa shape index (κ1) is 21.4. The Morgan fingerprint density at radius 3 is 2.83 bits per heavy atom. The largest absolute Gasteiger partial charge is 0.376 e. The van der Waals surface area contributed by atoms with Gasteiger partial charge in [-0.1, -0.05) is 11.8 Å². The van der Waals surface area contributed by atoms with Gasteiger partial charge in [0.05, 0.1) is 29.7 Å². The zero-order valence-electron chi connectivity index (χ0n) is 17.5. The van der Waals surface area contributed by atoms with Crippen molar-refractivity contribution >= 4 is 39.9 Å². The van der Waals surface area contributed by atoms with E-state index >= 15 is 0 Å². The first-order chi connectivity index (χ1) is 14.4. The summed E-state index contributed by atoms with van der Waals surface area (Å²) >= 11 is 2.91. The highest BCUT2D eigenvalue weighted by atomic mass is 32.2. The summed E-state index contributed by atoms with van der Waals surface area (Å²) in [4.78, 5) is 30.5. The number of anilines is 1. The number of ether oxygens (including phenoxy) is 1. The van der Waals surface area contributed by atoms with Crippen LogP contribution in [0.15, 0.2) is 5.16 Å². The molecule has 0 radical (unpaired) electrons. The van der Waals surface area contributed by atoms with E-state index < -0.39 is 5.91 Å². The normalized spacial score (nSPS) is 18.4. The van der Waals surface area contributed by atoms with Crippen molar-refractivity contribution in [3.8, 4) is 0 Å². The topological polar surface area (TPSA) is 99.2 Å². The predicted octanol–water partition coefficient (Wildman–Crippen LogP) is 3.45. The molecule has 7 nitrogen and oxygen atoms in total. The van der Waals surface area contributed by atoms with Crippen LogP contribution in [0.1, 0.15) is 57.9 Å². The van der Waals surface area contributed by atoms with Gasteiger partial charge in [0.1, 0.15) is 5.00 Å². The number of carbonyl (C=O) groups excluding carboxylic acids is 2. The molecule has 2 aliphatic rings. The maximum absolute atomic E-state index is 12.7. The minimum atomic E-state index is -0.462. The second-order valence-electron chi connectivity index (χ2n) is 7.93. The van der Waals surface area contributed by atoms with Gasteiger partial charge in [0.2, 0.25) is 5.91 Å². The van der Waals surface area contributed by atoms with Gasteiger partial charge in [0.25, 0.3) is 5.91 Å². The molecule has 1 saturated heterocycles. The number of aryl methyl sites for hydroxylation is 2. The third-order valence-corrected chi connectivity index (χ3v) is 8.02. The van der Waals surface area contributed by atoms with E-state index in [0.717, 1.165) is 73.8 Å². The molecule has 162 valence electrons. The fraction of sp³-hybridized carbons (Fsp3) is 0.571. The molecule has 4 rings (SSSR count). The van der Waals surface area contributed by atoms with Crippen LogP contribution in [0.5, 0.6) is 0 Å². The summed E-state index contributed by atoms with van der Waals surface area (Å²) in [5.41, 5.74) is 9.23. The number of carbonyl (C=O) groups is 2. The quantitative estimate of drug-likeness (QED) is 0.632. The highest BCUT2D eigenvalue weighted by Crippen LogP contribution is 2.38. The summed E-state index contributed by atoms with van der Waals surface area (Å²) in [5, 5.41) is 4.35. The van der Waals surface area contributed by atoms with Crippen molar-refractivity contribution in [2.45, 2.75) is 70.2 Å². The number of primary amides is 1. The molecular formula is C21H28N4O3S2. The number of thiophene rings is 1. The summed E-state index contributed by atoms with van der Waals surface area (Å²) < 4.78 is 7.93. The number of imidazole rings is 1. The van der Waals surface area contributed by atoms with Gasteiger partial charge in [0, 0.05) is 17.2 Å². The van der Waals surface area contributed by atoms with Gasteiger partial charge in [0.15, 0.2) is 5.16 Å². The number of fused-ring (bicyclic) bond motifs is 1. The van der Waals surface area contributed by atoms with E-state index in [-0.39, 0.29) is 17.8 Å². The average Bonchev–Trinajstić information content (AvgIpc) is 3.41. The van der Waals surface area contributed by atoms with Gasteiger partial charge in [-0.25, -0.2) is 4.98 Å². The molecule has 0 bridgehead atoms. The van der Waals surface area contributed by atoms with Gasteiger partial charge < -0.3 is 20.4 Å². The van der Waals surface area contributed by atoms with Crippen LogP contribution in [0.3, 0.4) is 0 Å². The van der Waals surface area contributed by atoms with E-state index in [9.17, 15) is 9.59 Å². The predicted molar refractivity (Wildman–Crippen MR) is 120 cm³/mol. The molecular weight excluding hydrogens is 420 g/mol. The van der Waals surface area contributed by atoms with Crippen molar-refractivity contribution in [1.82, 2.24) is 9.55 Å². The molecule has 1 aliphatic carbocycles. The minimum Gasteiger partial charge on any atom is -0.376 e. The average molecular weight is 449 g/mol. The number of hydrogen-bond donors (Lipinski definition) is 2. The molecule has 1 aliphatic heterocycles. The molecule has 0 unspecified atom stereocenters. The number of nitrogens with one attached hydrogen (secondary N) is 1. The van der Waals surface area contributed by atoms with Gasteiger partial charge in [-0.3, -0.25) is 9.59 Å². The SMILES string of the molecule is Cc1nc(SCC(=O)Nc2sc3c(c2C(N)=O)CCCC3)n(C[C@H]2CCCO2)c1C. The summed E-state index contributed by atoms with van der Waals surface area (Å²) in [5.74, 6) is -0.388. The Balaban J connectivity index is 1.44. The van der Waals surface area contributed by atoms with Crippen LogP contribution in [0.2, 0.25) is 0 Å². The molecule has 2 amide bonds. The van der Waals surface area contributed by atoms with Gasteiger partial charge in [-0.15, -0.1) is 11.3 Å². The van der Waals surface area contributed by atoms with Crippen LogP contribution < -0.4 is 11.1 Å². The molecule has 3 heterocycles. The van der Waals surface area contributed by atoms with Crippen LogP contribution in [-0.4, -0.2) is 39.8 Å². The Hall–Kier alpha value is -1.84. The Labute approximate surface area is 184 Å². The fourth-order valence-electron chi connectivity index (χ4n) is 4.15. The molecule has 1 atom stereocenters. The number of nitrogens with two attached hydrogens (primary N) is 1. The maximum atomic E-state index is 12.7. The number of hydrogen-bond acceptors (Lipinski definition) is 6. The van der Waals surface area contributed by atoms with E-state index in [4.69, 9.17) is 10.5 Å². The number of thioether (sulfide) groups is 1. The highest BCUT2D eigenvalue weighted by Gasteiger charge is 2.25. The second-order valence-corrected chi connectivity index (χ2v) is 9.97. The molecule has 3 N–H and O–H groups in total. The Morgan fingerprint density at radius 2 is 2.10 bits per heavy atom. The van der Waals surface area contributed by atoms with Crippen LogP contribution in [-0.2, 0) is 28.9 Å². The van der Waals surface area contributed by atoms with Gasteiger partial charge >= 0.3 is 0 Å². The molecule has 2 aromatic rings. The van der Waals surface area contributed by atoms with Crippen molar-refractivity contribution in [2.24, 2.45) is 5.73 Å². The number of amides is 2. The van der Waals surface area contributed by atoms with Crippen LogP contribution >= 0.6 is 23.1 Å². The Kier molecular flexibility index (Phi) is 6.50. The van der Waals surface area contributed by atoms with Gasteiger partial charge in [-0.05, 0) is 57.9 Å². The third kappa shape index (κ3) is 4.43. The van der Waals surface area contributed by atoms with E-state index in [2.05, 4.69) is 21.8 Å². The lowest BCUT2D eigenvalue weighted by atomic mass is 9.95. The lowest BCUT2D eigenvalue weighted by Crippen LogP contribution is -2.20. The molecule has 30 heavy (non-hydrogen) atoms. The minimum absolute atomic E-state index is 0.150. The summed E-state index contributed by atoms with van der Waals surface area (Å²) in [6.45, 7) is 5.62. The first-order valence-corrected chi connectivity index (χ1v) is 12.3. The van der Waals surface area contributed by atoms with E-state index in [1.165, 1.54) is 28.0 Å². The summed E-state index contributed by atoms with van der Waals surface area (Å²) in [6, 6.07) is 0. The fourth-order valence-corrected chi connectivity index (χ4v) is 6.36. The lowest BCUT2D eigenvalue weighted by molar-refractivity contribution is -0.113. The molecule has 0 saturated carbocycles. The zero-order valence-corrected chi connectivity index (χ0v) is 19.1. The third-order valence-electron chi connectivity index (χ3n) is 5.84. The van der Waals surface area contributed by atoms with Crippen molar-refractivity contribution in [3.05, 3.63) is 27.4 Å².